The summed E-state index contributed by atoms with van der Waals surface area (Å²) in [6.45, 7) is 3.90. The molecule has 2 nitrogen and oxygen atoms in total. The SMILES string of the molecule is CCN(CCCCC#N)c1ccc(F)cc1. The van der Waals surface area contributed by atoms with Gasteiger partial charge < -0.3 is 4.90 Å². The predicted octanol–water partition coefficient (Wildman–Crippen LogP) is 3.35. The highest BCUT2D eigenvalue weighted by molar-refractivity contribution is 5.45. The number of hydrogen-bond acceptors (Lipinski definition) is 2. The van der Waals surface area contributed by atoms with Crippen LogP contribution in [0, 0.1) is 17.1 Å². The molecule has 0 aliphatic heterocycles. The van der Waals surface area contributed by atoms with Crippen LogP contribution in [0.15, 0.2) is 24.3 Å². The summed E-state index contributed by atoms with van der Waals surface area (Å²) in [4.78, 5) is 2.19. The molecule has 0 radical (unpaired) electrons. The molecular weight excluding hydrogens is 203 g/mol. The summed E-state index contributed by atoms with van der Waals surface area (Å²) in [5, 5.41) is 8.43. The number of rotatable bonds is 6. The third kappa shape index (κ3) is 3.90. The molecule has 1 aromatic carbocycles. The molecule has 0 N–H and O–H groups in total. The Bertz CT molecular complexity index is 340. The van der Waals surface area contributed by atoms with Crippen LogP contribution in [0.3, 0.4) is 0 Å². The van der Waals surface area contributed by atoms with Gasteiger partial charge in [-0.05, 0) is 44.0 Å². The number of benzene rings is 1. The lowest BCUT2D eigenvalue weighted by Gasteiger charge is -2.22. The maximum absolute atomic E-state index is 12.8. The van der Waals surface area contributed by atoms with Gasteiger partial charge >= 0.3 is 0 Å². The van der Waals surface area contributed by atoms with E-state index in [1.807, 2.05) is 0 Å². The number of anilines is 1. The van der Waals surface area contributed by atoms with Crippen molar-refractivity contribution in [3.63, 3.8) is 0 Å². The van der Waals surface area contributed by atoms with Crippen LogP contribution in [0.5, 0.6) is 0 Å². The molecule has 86 valence electrons. The third-order valence-electron chi connectivity index (χ3n) is 2.54. The van der Waals surface area contributed by atoms with E-state index in [2.05, 4.69) is 17.9 Å². The van der Waals surface area contributed by atoms with E-state index in [0.717, 1.165) is 31.6 Å². The monoisotopic (exact) mass is 220 g/mol. The molecule has 3 heteroatoms. The van der Waals surface area contributed by atoms with Crippen LogP contribution in [0.4, 0.5) is 10.1 Å². The Labute approximate surface area is 96.3 Å². The van der Waals surface area contributed by atoms with E-state index in [1.54, 1.807) is 12.1 Å². The highest BCUT2D eigenvalue weighted by Gasteiger charge is 2.03. The molecular formula is C13H17FN2. The minimum Gasteiger partial charge on any atom is -0.372 e. The molecule has 0 heterocycles. The van der Waals surface area contributed by atoms with Crippen molar-refractivity contribution in [2.75, 3.05) is 18.0 Å². The van der Waals surface area contributed by atoms with Crippen LogP contribution in [-0.2, 0) is 0 Å². The van der Waals surface area contributed by atoms with E-state index in [0.29, 0.717) is 6.42 Å². The second-order valence-electron chi connectivity index (χ2n) is 3.67. The molecule has 0 amide bonds. The van der Waals surface area contributed by atoms with Crippen molar-refractivity contribution in [1.29, 1.82) is 5.26 Å². The van der Waals surface area contributed by atoms with E-state index in [1.165, 1.54) is 12.1 Å². The van der Waals surface area contributed by atoms with Gasteiger partial charge in [-0.1, -0.05) is 0 Å². The summed E-state index contributed by atoms with van der Waals surface area (Å²) < 4.78 is 12.8. The fourth-order valence-electron chi connectivity index (χ4n) is 1.63. The Balaban J connectivity index is 2.48. The first-order valence-electron chi connectivity index (χ1n) is 5.65. The van der Waals surface area contributed by atoms with Gasteiger partial charge in [-0.2, -0.15) is 5.26 Å². The zero-order valence-corrected chi connectivity index (χ0v) is 9.62. The molecule has 0 atom stereocenters. The van der Waals surface area contributed by atoms with Crippen molar-refractivity contribution in [2.45, 2.75) is 26.2 Å². The van der Waals surface area contributed by atoms with Crippen LogP contribution in [-0.4, -0.2) is 13.1 Å². The second kappa shape index (κ2) is 6.84. The molecule has 0 aliphatic carbocycles. The Hall–Kier alpha value is -1.56. The summed E-state index contributed by atoms with van der Waals surface area (Å²) in [7, 11) is 0. The lowest BCUT2D eigenvalue weighted by molar-refractivity contribution is 0.627. The second-order valence-corrected chi connectivity index (χ2v) is 3.67. The number of nitrogens with zero attached hydrogens (tertiary/aromatic N) is 2. The Morgan fingerprint density at radius 3 is 2.50 bits per heavy atom. The molecule has 0 saturated carbocycles. The zero-order valence-electron chi connectivity index (χ0n) is 9.62. The fourth-order valence-corrected chi connectivity index (χ4v) is 1.63. The smallest absolute Gasteiger partial charge is 0.123 e. The average Bonchev–Trinajstić information content (AvgIpc) is 2.31. The molecule has 1 rings (SSSR count). The van der Waals surface area contributed by atoms with Gasteiger partial charge in [-0.25, -0.2) is 4.39 Å². The van der Waals surface area contributed by atoms with Gasteiger partial charge in [-0.15, -0.1) is 0 Å². The highest BCUT2D eigenvalue weighted by atomic mass is 19.1. The molecule has 0 saturated heterocycles. The van der Waals surface area contributed by atoms with Crippen LogP contribution >= 0.6 is 0 Å². The molecule has 0 fully saturated rings. The van der Waals surface area contributed by atoms with E-state index in [9.17, 15) is 4.39 Å². The van der Waals surface area contributed by atoms with Gasteiger partial charge in [0.1, 0.15) is 5.82 Å². The first-order chi connectivity index (χ1) is 7.77. The summed E-state index contributed by atoms with van der Waals surface area (Å²) in [6, 6.07) is 8.69. The summed E-state index contributed by atoms with van der Waals surface area (Å²) in [5.41, 5.74) is 1.04. The lowest BCUT2D eigenvalue weighted by Crippen LogP contribution is -2.23. The molecule has 0 spiro atoms. The predicted molar refractivity (Wildman–Crippen MR) is 63.8 cm³/mol. The van der Waals surface area contributed by atoms with Crippen molar-refractivity contribution >= 4 is 5.69 Å². The summed E-state index contributed by atoms with van der Waals surface area (Å²) >= 11 is 0. The zero-order chi connectivity index (χ0) is 11.8. The van der Waals surface area contributed by atoms with Crippen LogP contribution in [0.1, 0.15) is 26.2 Å². The van der Waals surface area contributed by atoms with Gasteiger partial charge in [0.05, 0.1) is 6.07 Å². The van der Waals surface area contributed by atoms with Gasteiger partial charge in [0.25, 0.3) is 0 Å². The first-order valence-corrected chi connectivity index (χ1v) is 5.65. The van der Waals surface area contributed by atoms with E-state index >= 15 is 0 Å². The standard InChI is InChI=1S/C13H17FN2/c1-2-16(11-5-3-4-10-15)13-8-6-12(14)7-9-13/h6-9H,2-5,11H2,1H3. The summed E-state index contributed by atoms with van der Waals surface area (Å²) in [6.07, 6.45) is 2.54. The lowest BCUT2D eigenvalue weighted by atomic mass is 10.2. The maximum Gasteiger partial charge on any atom is 0.123 e. The minimum atomic E-state index is -0.204. The van der Waals surface area contributed by atoms with Gasteiger partial charge in [-0.3, -0.25) is 0 Å². The molecule has 1 aromatic rings. The molecule has 16 heavy (non-hydrogen) atoms. The van der Waals surface area contributed by atoms with Crippen molar-refractivity contribution < 1.29 is 4.39 Å². The van der Waals surface area contributed by atoms with E-state index in [-0.39, 0.29) is 5.82 Å². The molecule has 0 unspecified atom stereocenters. The largest absolute Gasteiger partial charge is 0.372 e. The number of hydrogen-bond donors (Lipinski definition) is 0. The number of unbranched alkanes of at least 4 members (excludes halogenated alkanes) is 2. The topological polar surface area (TPSA) is 27.0 Å². The van der Waals surface area contributed by atoms with Crippen LogP contribution in [0.2, 0.25) is 0 Å². The Morgan fingerprint density at radius 2 is 1.94 bits per heavy atom. The molecule has 0 aliphatic rings. The fraction of sp³-hybridized carbons (Fsp3) is 0.462. The quantitative estimate of drug-likeness (QED) is 0.687. The Morgan fingerprint density at radius 1 is 1.25 bits per heavy atom. The van der Waals surface area contributed by atoms with Crippen molar-refractivity contribution in [3.05, 3.63) is 30.1 Å². The third-order valence-corrected chi connectivity index (χ3v) is 2.54. The van der Waals surface area contributed by atoms with Crippen molar-refractivity contribution in [3.8, 4) is 6.07 Å². The van der Waals surface area contributed by atoms with Gasteiger partial charge in [0.15, 0.2) is 0 Å². The Kier molecular flexibility index (Phi) is 5.35. The maximum atomic E-state index is 12.8. The first kappa shape index (κ1) is 12.5. The summed E-state index contributed by atoms with van der Waals surface area (Å²) in [5.74, 6) is -0.204. The van der Waals surface area contributed by atoms with Gasteiger partial charge in [0.2, 0.25) is 0 Å². The van der Waals surface area contributed by atoms with E-state index in [4.69, 9.17) is 5.26 Å². The average molecular weight is 220 g/mol. The number of halogens is 1. The van der Waals surface area contributed by atoms with Crippen molar-refractivity contribution in [1.82, 2.24) is 0 Å². The van der Waals surface area contributed by atoms with E-state index < -0.39 is 0 Å². The van der Waals surface area contributed by atoms with Crippen LogP contribution < -0.4 is 4.90 Å². The minimum absolute atomic E-state index is 0.204. The van der Waals surface area contributed by atoms with Gasteiger partial charge in [0, 0.05) is 25.2 Å². The van der Waals surface area contributed by atoms with Crippen molar-refractivity contribution in [2.24, 2.45) is 0 Å². The molecule has 0 bridgehead atoms. The highest BCUT2D eigenvalue weighted by Crippen LogP contribution is 2.15. The normalized spacial score (nSPS) is 9.81. The van der Waals surface area contributed by atoms with Crippen LogP contribution in [0.25, 0.3) is 0 Å². The number of nitriles is 1. The molecule has 0 aromatic heterocycles.